The SMILES string of the molecule is O=C(Cc1ccc(F)cc1)NNC(=O)Cc1ccc(Cl)cc1Cl. The first kappa shape index (κ1) is 17.2. The van der Waals surface area contributed by atoms with Crippen LogP contribution in [0.15, 0.2) is 42.5 Å². The third kappa shape index (κ3) is 5.54. The van der Waals surface area contributed by atoms with Gasteiger partial charge < -0.3 is 0 Å². The molecule has 0 radical (unpaired) electrons. The van der Waals surface area contributed by atoms with Gasteiger partial charge in [0.25, 0.3) is 0 Å². The van der Waals surface area contributed by atoms with Crippen LogP contribution in [0.1, 0.15) is 11.1 Å². The molecule has 0 atom stereocenters. The zero-order valence-corrected chi connectivity index (χ0v) is 13.4. The number of hydrogen-bond donors (Lipinski definition) is 2. The topological polar surface area (TPSA) is 58.2 Å². The minimum absolute atomic E-state index is 0.00678. The Morgan fingerprint density at radius 2 is 1.52 bits per heavy atom. The molecule has 0 saturated carbocycles. The van der Waals surface area contributed by atoms with Crippen molar-refractivity contribution in [3.63, 3.8) is 0 Å². The molecule has 120 valence electrons. The zero-order valence-electron chi connectivity index (χ0n) is 11.9. The lowest BCUT2D eigenvalue weighted by atomic mass is 10.1. The van der Waals surface area contributed by atoms with E-state index in [1.54, 1.807) is 18.2 Å². The lowest BCUT2D eigenvalue weighted by molar-refractivity contribution is -0.128. The number of amides is 2. The maximum atomic E-state index is 12.8. The van der Waals surface area contributed by atoms with E-state index < -0.39 is 11.8 Å². The third-order valence-electron chi connectivity index (χ3n) is 2.99. The molecule has 0 spiro atoms. The summed E-state index contributed by atoms with van der Waals surface area (Å²) in [5.41, 5.74) is 5.83. The van der Waals surface area contributed by atoms with Gasteiger partial charge >= 0.3 is 0 Å². The predicted octanol–water partition coefficient (Wildman–Crippen LogP) is 3.07. The van der Waals surface area contributed by atoms with Gasteiger partial charge in [0.05, 0.1) is 12.8 Å². The summed E-state index contributed by atoms with van der Waals surface area (Å²) in [6.45, 7) is 0. The van der Waals surface area contributed by atoms with Crippen LogP contribution in [0, 0.1) is 5.82 Å². The monoisotopic (exact) mass is 354 g/mol. The number of benzene rings is 2. The van der Waals surface area contributed by atoms with Crippen LogP contribution in [0.4, 0.5) is 4.39 Å². The molecule has 0 aromatic heterocycles. The highest BCUT2D eigenvalue weighted by Gasteiger charge is 2.09. The van der Waals surface area contributed by atoms with Crippen molar-refractivity contribution in [1.82, 2.24) is 10.9 Å². The highest BCUT2D eigenvalue weighted by molar-refractivity contribution is 6.35. The van der Waals surface area contributed by atoms with Gasteiger partial charge in [0.1, 0.15) is 5.82 Å². The summed E-state index contributed by atoms with van der Waals surface area (Å²) in [4.78, 5) is 23.5. The first-order chi connectivity index (χ1) is 10.9. The Balaban J connectivity index is 1.81. The van der Waals surface area contributed by atoms with Crippen LogP contribution in [-0.4, -0.2) is 11.8 Å². The van der Waals surface area contributed by atoms with E-state index in [9.17, 15) is 14.0 Å². The molecular weight excluding hydrogens is 342 g/mol. The van der Waals surface area contributed by atoms with Crippen molar-refractivity contribution < 1.29 is 14.0 Å². The summed E-state index contributed by atoms with van der Waals surface area (Å²) in [6, 6.07) is 10.4. The van der Waals surface area contributed by atoms with Crippen LogP contribution >= 0.6 is 23.2 Å². The number of carbonyl (C=O) groups excluding carboxylic acids is 2. The summed E-state index contributed by atoms with van der Waals surface area (Å²) in [6.07, 6.45) is 0.0368. The maximum Gasteiger partial charge on any atom is 0.242 e. The maximum absolute atomic E-state index is 12.8. The molecule has 4 nitrogen and oxygen atoms in total. The molecule has 7 heteroatoms. The Hall–Kier alpha value is -2.11. The number of hydrogen-bond acceptors (Lipinski definition) is 2. The molecule has 2 aromatic rings. The zero-order chi connectivity index (χ0) is 16.8. The second-order valence-corrected chi connectivity index (χ2v) is 5.66. The van der Waals surface area contributed by atoms with Crippen LogP contribution < -0.4 is 10.9 Å². The van der Waals surface area contributed by atoms with Gasteiger partial charge in [-0.25, -0.2) is 4.39 Å². The van der Waals surface area contributed by atoms with Crippen LogP contribution in [0.5, 0.6) is 0 Å². The molecular formula is C16H13Cl2FN2O2. The van der Waals surface area contributed by atoms with Crippen LogP contribution in [0.2, 0.25) is 10.0 Å². The summed E-state index contributed by atoms with van der Waals surface area (Å²) in [5.74, 6) is -1.20. The number of rotatable bonds is 4. The molecule has 2 rings (SSSR count). The molecule has 0 aliphatic carbocycles. The second kappa shape index (κ2) is 7.94. The van der Waals surface area contributed by atoms with Gasteiger partial charge in [-0.3, -0.25) is 20.4 Å². The fourth-order valence-corrected chi connectivity index (χ4v) is 2.33. The molecule has 0 fully saturated rings. The highest BCUT2D eigenvalue weighted by Crippen LogP contribution is 2.21. The van der Waals surface area contributed by atoms with Gasteiger partial charge in [-0.05, 0) is 35.4 Å². The lowest BCUT2D eigenvalue weighted by Gasteiger charge is -2.08. The highest BCUT2D eigenvalue weighted by atomic mass is 35.5. The first-order valence-electron chi connectivity index (χ1n) is 6.70. The van der Waals surface area contributed by atoms with Gasteiger partial charge in [0.2, 0.25) is 11.8 Å². The quantitative estimate of drug-likeness (QED) is 0.829. The van der Waals surface area contributed by atoms with E-state index in [0.29, 0.717) is 21.2 Å². The molecule has 0 aliphatic rings. The second-order valence-electron chi connectivity index (χ2n) is 4.81. The Morgan fingerprint density at radius 3 is 2.13 bits per heavy atom. The number of hydrazine groups is 1. The van der Waals surface area contributed by atoms with E-state index in [4.69, 9.17) is 23.2 Å². The Bertz CT molecular complexity index is 721. The molecule has 0 unspecified atom stereocenters. The van der Waals surface area contributed by atoms with Crippen LogP contribution in [0.25, 0.3) is 0 Å². The van der Waals surface area contributed by atoms with Crippen molar-refractivity contribution >= 4 is 35.0 Å². The molecule has 2 amide bonds. The van der Waals surface area contributed by atoms with Gasteiger partial charge in [-0.15, -0.1) is 0 Å². The smallest absolute Gasteiger partial charge is 0.242 e. The van der Waals surface area contributed by atoms with Crippen LogP contribution in [-0.2, 0) is 22.4 Å². The van der Waals surface area contributed by atoms with E-state index in [2.05, 4.69) is 10.9 Å². The van der Waals surface area contributed by atoms with Gasteiger partial charge in [-0.2, -0.15) is 0 Å². The van der Waals surface area contributed by atoms with Crippen molar-refractivity contribution in [2.75, 3.05) is 0 Å². The minimum Gasteiger partial charge on any atom is -0.273 e. The van der Waals surface area contributed by atoms with E-state index in [1.807, 2.05) is 0 Å². The molecule has 0 heterocycles. The molecule has 23 heavy (non-hydrogen) atoms. The fourth-order valence-electron chi connectivity index (χ4n) is 1.85. The van der Waals surface area contributed by atoms with Crippen molar-refractivity contribution in [2.45, 2.75) is 12.8 Å². The summed E-state index contributed by atoms with van der Waals surface area (Å²) in [7, 11) is 0. The summed E-state index contributed by atoms with van der Waals surface area (Å²) >= 11 is 11.8. The largest absolute Gasteiger partial charge is 0.273 e. The first-order valence-corrected chi connectivity index (χ1v) is 7.45. The summed E-state index contributed by atoms with van der Waals surface area (Å²) < 4.78 is 12.8. The molecule has 2 N–H and O–H groups in total. The van der Waals surface area contributed by atoms with Crippen LogP contribution in [0.3, 0.4) is 0 Å². The normalized spacial score (nSPS) is 10.2. The Labute approximate surface area is 142 Å². The predicted molar refractivity (Wildman–Crippen MR) is 86.6 cm³/mol. The van der Waals surface area contributed by atoms with Crippen molar-refractivity contribution in [3.05, 3.63) is 69.5 Å². The van der Waals surface area contributed by atoms with Crippen molar-refractivity contribution in [2.24, 2.45) is 0 Å². The van der Waals surface area contributed by atoms with Gasteiger partial charge in [-0.1, -0.05) is 41.4 Å². The third-order valence-corrected chi connectivity index (χ3v) is 3.57. The van der Waals surface area contributed by atoms with E-state index in [1.165, 1.54) is 24.3 Å². The molecule has 0 bridgehead atoms. The van der Waals surface area contributed by atoms with E-state index in [0.717, 1.165) is 0 Å². The lowest BCUT2D eigenvalue weighted by Crippen LogP contribution is -2.43. The number of carbonyl (C=O) groups is 2. The summed E-state index contributed by atoms with van der Waals surface area (Å²) in [5, 5.41) is 0.858. The van der Waals surface area contributed by atoms with E-state index in [-0.39, 0.29) is 18.7 Å². The van der Waals surface area contributed by atoms with Crippen molar-refractivity contribution in [3.8, 4) is 0 Å². The molecule has 0 saturated heterocycles. The minimum atomic E-state index is -0.415. The average Bonchev–Trinajstić information content (AvgIpc) is 2.50. The average molecular weight is 355 g/mol. The van der Waals surface area contributed by atoms with Gasteiger partial charge in [0, 0.05) is 10.0 Å². The Kier molecular flexibility index (Phi) is 5.96. The fraction of sp³-hybridized carbons (Fsp3) is 0.125. The number of halogens is 3. The number of nitrogens with one attached hydrogen (secondary N) is 2. The van der Waals surface area contributed by atoms with E-state index >= 15 is 0 Å². The van der Waals surface area contributed by atoms with Crippen molar-refractivity contribution in [1.29, 1.82) is 0 Å². The standard InChI is InChI=1S/C16H13Cl2FN2O2/c17-12-4-3-11(14(18)9-12)8-16(23)21-20-15(22)7-10-1-5-13(19)6-2-10/h1-6,9H,7-8H2,(H,20,22)(H,21,23). The Morgan fingerprint density at radius 1 is 0.913 bits per heavy atom. The molecule has 0 aliphatic heterocycles. The molecule has 2 aromatic carbocycles. The van der Waals surface area contributed by atoms with Gasteiger partial charge in [0.15, 0.2) is 0 Å².